The summed E-state index contributed by atoms with van der Waals surface area (Å²) in [4.78, 5) is 0. The highest BCUT2D eigenvalue weighted by atomic mass is 16.5. The molecule has 0 saturated carbocycles. The fraction of sp³-hybridized carbons (Fsp3) is 0.769. The van der Waals surface area contributed by atoms with E-state index in [9.17, 15) is 0 Å². The molecule has 4 heteroatoms. The minimum absolute atomic E-state index is 0.117. The number of ether oxygens (including phenoxy) is 1. The zero-order valence-electron chi connectivity index (χ0n) is 11.4. The van der Waals surface area contributed by atoms with Crippen molar-refractivity contribution in [2.45, 2.75) is 58.2 Å². The highest BCUT2D eigenvalue weighted by molar-refractivity contribution is 5.15. The molecule has 2 N–H and O–H groups in total. The van der Waals surface area contributed by atoms with Gasteiger partial charge in [-0.1, -0.05) is 20.8 Å². The Morgan fingerprint density at radius 3 is 2.53 bits per heavy atom. The Kier molecular flexibility index (Phi) is 5.15. The van der Waals surface area contributed by atoms with Crippen LogP contribution < -0.4 is 5.73 Å². The first kappa shape index (κ1) is 14.2. The van der Waals surface area contributed by atoms with Crippen molar-refractivity contribution in [1.29, 1.82) is 0 Å². The maximum absolute atomic E-state index is 6.34. The molecule has 1 aromatic heterocycles. The predicted molar refractivity (Wildman–Crippen MR) is 69.8 cm³/mol. The predicted octanol–water partition coefficient (Wildman–Crippen LogP) is 2.50. The van der Waals surface area contributed by atoms with Gasteiger partial charge < -0.3 is 10.5 Å². The number of hydrogen-bond acceptors (Lipinski definition) is 3. The smallest absolute Gasteiger partial charge is 0.0866 e. The second-order valence-electron chi connectivity index (χ2n) is 4.49. The first-order chi connectivity index (χ1) is 8.13. The van der Waals surface area contributed by atoms with Crippen LogP contribution >= 0.6 is 0 Å². The molecule has 1 rings (SSSR count). The second kappa shape index (κ2) is 6.17. The van der Waals surface area contributed by atoms with Crippen molar-refractivity contribution < 1.29 is 4.74 Å². The SMILES string of the molecule is CCCn1cc(C(N)C(CC)(CC)OC)cn1. The Balaban J connectivity index is 2.89. The molecule has 0 radical (unpaired) electrons. The molecule has 0 fully saturated rings. The van der Waals surface area contributed by atoms with E-state index in [4.69, 9.17) is 10.5 Å². The monoisotopic (exact) mass is 239 g/mol. The van der Waals surface area contributed by atoms with Crippen molar-refractivity contribution in [2.75, 3.05) is 7.11 Å². The summed E-state index contributed by atoms with van der Waals surface area (Å²) in [7, 11) is 1.74. The second-order valence-corrected chi connectivity index (χ2v) is 4.49. The molecule has 0 aliphatic heterocycles. The van der Waals surface area contributed by atoms with Crippen LogP contribution in [0.5, 0.6) is 0 Å². The van der Waals surface area contributed by atoms with Crippen molar-refractivity contribution >= 4 is 0 Å². The fourth-order valence-electron chi connectivity index (χ4n) is 2.30. The summed E-state index contributed by atoms with van der Waals surface area (Å²) in [6.07, 6.45) is 6.78. The first-order valence-electron chi connectivity index (χ1n) is 6.46. The van der Waals surface area contributed by atoms with Gasteiger partial charge in [-0.2, -0.15) is 5.10 Å². The number of hydrogen-bond donors (Lipinski definition) is 1. The highest BCUT2D eigenvalue weighted by Crippen LogP contribution is 2.32. The summed E-state index contributed by atoms with van der Waals surface area (Å²) in [6, 6.07) is -0.117. The van der Waals surface area contributed by atoms with Gasteiger partial charge in [-0.05, 0) is 19.3 Å². The number of nitrogens with two attached hydrogens (primary N) is 1. The van der Waals surface area contributed by atoms with Crippen molar-refractivity contribution in [2.24, 2.45) is 5.73 Å². The van der Waals surface area contributed by atoms with Crippen LogP contribution in [0.2, 0.25) is 0 Å². The highest BCUT2D eigenvalue weighted by Gasteiger charge is 2.34. The van der Waals surface area contributed by atoms with Crippen LogP contribution in [0.25, 0.3) is 0 Å². The van der Waals surface area contributed by atoms with E-state index in [1.807, 2.05) is 17.1 Å². The molecule has 98 valence electrons. The van der Waals surface area contributed by atoms with Crippen LogP contribution in [0.1, 0.15) is 51.6 Å². The summed E-state index contributed by atoms with van der Waals surface area (Å²) in [5.41, 5.74) is 7.12. The Morgan fingerprint density at radius 2 is 2.06 bits per heavy atom. The average molecular weight is 239 g/mol. The maximum Gasteiger partial charge on any atom is 0.0866 e. The van der Waals surface area contributed by atoms with Gasteiger partial charge in [0.1, 0.15) is 0 Å². The van der Waals surface area contributed by atoms with Crippen LogP contribution in [-0.2, 0) is 11.3 Å². The number of rotatable bonds is 7. The molecule has 0 aromatic carbocycles. The third kappa shape index (κ3) is 2.87. The fourth-order valence-corrected chi connectivity index (χ4v) is 2.30. The zero-order chi connectivity index (χ0) is 12.9. The van der Waals surface area contributed by atoms with E-state index < -0.39 is 0 Å². The molecule has 1 atom stereocenters. The Labute approximate surface area is 104 Å². The molecule has 1 heterocycles. The lowest BCUT2D eigenvalue weighted by atomic mass is 9.85. The van der Waals surface area contributed by atoms with Crippen LogP contribution in [0.15, 0.2) is 12.4 Å². The molecule has 17 heavy (non-hydrogen) atoms. The normalized spacial score (nSPS) is 13.9. The van der Waals surface area contributed by atoms with Crippen molar-refractivity contribution in [1.82, 2.24) is 9.78 Å². The topological polar surface area (TPSA) is 53.1 Å². The van der Waals surface area contributed by atoms with Gasteiger partial charge in [-0.25, -0.2) is 0 Å². The molecular weight excluding hydrogens is 214 g/mol. The number of aryl methyl sites for hydroxylation is 1. The Bertz CT molecular complexity index is 323. The molecule has 0 bridgehead atoms. The van der Waals surface area contributed by atoms with Gasteiger partial charge >= 0.3 is 0 Å². The molecule has 4 nitrogen and oxygen atoms in total. The lowest BCUT2D eigenvalue weighted by Crippen LogP contribution is -2.41. The molecule has 1 unspecified atom stereocenters. The Hall–Kier alpha value is -0.870. The van der Waals surface area contributed by atoms with Gasteiger partial charge in [0.25, 0.3) is 0 Å². The standard InChI is InChI=1S/C13H25N3O/c1-5-8-16-10-11(9-15-16)12(14)13(6-2,7-3)17-4/h9-10,12H,5-8,14H2,1-4H3. The van der Waals surface area contributed by atoms with Gasteiger partial charge in [0.05, 0.1) is 17.8 Å². The molecular formula is C13H25N3O. The van der Waals surface area contributed by atoms with Gasteiger partial charge in [0, 0.05) is 25.4 Å². The first-order valence-corrected chi connectivity index (χ1v) is 6.46. The third-order valence-corrected chi connectivity index (χ3v) is 3.64. The van der Waals surface area contributed by atoms with E-state index in [1.165, 1.54) is 0 Å². The third-order valence-electron chi connectivity index (χ3n) is 3.64. The summed E-state index contributed by atoms with van der Waals surface area (Å²) in [6.45, 7) is 7.30. The minimum Gasteiger partial charge on any atom is -0.376 e. The van der Waals surface area contributed by atoms with Gasteiger partial charge in [0.15, 0.2) is 0 Å². The van der Waals surface area contributed by atoms with E-state index in [2.05, 4.69) is 25.9 Å². The summed E-state index contributed by atoms with van der Waals surface area (Å²) < 4.78 is 7.61. The van der Waals surface area contributed by atoms with Crippen molar-refractivity contribution in [3.8, 4) is 0 Å². The number of methoxy groups -OCH3 is 1. The summed E-state index contributed by atoms with van der Waals surface area (Å²) >= 11 is 0. The largest absolute Gasteiger partial charge is 0.376 e. The van der Waals surface area contributed by atoms with E-state index >= 15 is 0 Å². The average Bonchev–Trinajstić information content (AvgIpc) is 2.81. The molecule has 0 saturated heterocycles. The van der Waals surface area contributed by atoms with Gasteiger partial charge in [-0.15, -0.1) is 0 Å². The van der Waals surface area contributed by atoms with Crippen molar-refractivity contribution in [3.05, 3.63) is 18.0 Å². The van der Waals surface area contributed by atoms with E-state index in [0.29, 0.717) is 0 Å². The molecule has 0 spiro atoms. The minimum atomic E-state index is -0.278. The van der Waals surface area contributed by atoms with Crippen LogP contribution in [0.4, 0.5) is 0 Å². The Morgan fingerprint density at radius 1 is 1.41 bits per heavy atom. The van der Waals surface area contributed by atoms with Crippen LogP contribution in [0, 0.1) is 0 Å². The molecule has 1 aromatic rings. The summed E-state index contributed by atoms with van der Waals surface area (Å²) in [5, 5.41) is 4.32. The molecule has 0 aliphatic carbocycles. The van der Waals surface area contributed by atoms with Crippen LogP contribution in [0.3, 0.4) is 0 Å². The number of nitrogens with zero attached hydrogens (tertiary/aromatic N) is 2. The lowest BCUT2D eigenvalue weighted by Gasteiger charge is -2.35. The van der Waals surface area contributed by atoms with Crippen LogP contribution in [-0.4, -0.2) is 22.5 Å². The van der Waals surface area contributed by atoms with E-state index in [-0.39, 0.29) is 11.6 Å². The van der Waals surface area contributed by atoms with Gasteiger partial charge in [-0.3, -0.25) is 4.68 Å². The summed E-state index contributed by atoms with van der Waals surface area (Å²) in [5.74, 6) is 0. The van der Waals surface area contributed by atoms with E-state index in [1.54, 1.807) is 7.11 Å². The molecule has 0 amide bonds. The van der Waals surface area contributed by atoms with Gasteiger partial charge in [0.2, 0.25) is 0 Å². The van der Waals surface area contributed by atoms with Crippen molar-refractivity contribution in [3.63, 3.8) is 0 Å². The maximum atomic E-state index is 6.34. The zero-order valence-corrected chi connectivity index (χ0v) is 11.4. The quantitative estimate of drug-likeness (QED) is 0.795. The van der Waals surface area contributed by atoms with E-state index in [0.717, 1.165) is 31.4 Å². The molecule has 0 aliphatic rings. The number of aromatic nitrogens is 2. The lowest BCUT2D eigenvalue weighted by molar-refractivity contribution is -0.0385.